The molecule has 0 aliphatic rings. The molecule has 0 spiro atoms. The first-order chi connectivity index (χ1) is 11.4. The highest BCUT2D eigenvalue weighted by molar-refractivity contribution is 7.89. The quantitative estimate of drug-likeness (QED) is 0.714. The number of rotatable bonds is 8. The lowest BCUT2D eigenvalue weighted by atomic mass is 10.1. The maximum Gasteiger partial charge on any atom is 0.335 e. The average Bonchev–Trinajstić information content (AvgIpc) is 2.59. The van der Waals surface area contributed by atoms with Crippen LogP contribution in [0.5, 0.6) is 5.75 Å². The van der Waals surface area contributed by atoms with Crippen molar-refractivity contribution in [2.75, 3.05) is 13.7 Å². The fraction of sp³-hybridized carbons (Fsp3) is 0.235. The number of ether oxygens (including phenoxy) is 1. The summed E-state index contributed by atoms with van der Waals surface area (Å²) in [5, 5.41) is 8.93. The van der Waals surface area contributed by atoms with E-state index < -0.39 is 16.0 Å². The SMILES string of the molecule is COc1ccc(CCCNS(=O)(=O)c2cccc(C(=O)O)c2)cc1. The third-order valence-corrected chi connectivity index (χ3v) is 4.94. The summed E-state index contributed by atoms with van der Waals surface area (Å²) in [5.41, 5.74) is 1.03. The second-order valence-electron chi connectivity index (χ2n) is 5.18. The molecule has 2 aromatic carbocycles. The molecule has 0 radical (unpaired) electrons. The Balaban J connectivity index is 1.90. The Labute approximate surface area is 141 Å². The maximum atomic E-state index is 12.2. The maximum absolute atomic E-state index is 12.2. The van der Waals surface area contributed by atoms with Gasteiger partial charge in [0, 0.05) is 6.54 Å². The van der Waals surface area contributed by atoms with Crippen LogP contribution in [0, 0.1) is 0 Å². The topological polar surface area (TPSA) is 92.7 Å². The van der Waals surface area contributed by atoms with Crippen LogP contribution in [0.2, 0.25) is 0 Å². The Kier molecular flexibility index (Phi) is 5.94. The van der Waals surface area contributed by atoms with Crippen LogP contribution in [0.3, 0.4) is 0 Å². The van der Waals surface area contributed by atoms with Gasteiger partial charge < -0.3 is 9.84 Å². The summed E-state index contributed by atoms with van der Waals surface area (Å²) >= 11 is 0. The zero-order valence-electron chi connectivity index (χ0n) is 13.2. The number of hydrogen-bond donors (Lipinski definition) is 2. The van der Waals surface area contributed by atoms with Crippen LogP contribution in [0.1, 0.15) is 22.3 Å². The van der Waals surface area contributed by atoms with Gasteiger partial charge in [-0.3, -0.25) is 0 Å². The molecule has 0 amide bonds. The summed E-state index contributed by atoms with van der Waals surface area (Å²) in [6.07, 6.45) is 1.35. The van der Waals surface area contributed by atoms with Gasteiger partial charge in [-0.1, -0.05) is 18.2 Å². The normalized spacial score (nSPS) is 11.2. The summed E-state index contributed by atoms with van der Waals surface area (Å²) in [4.78, 5) is 10.9. The smallest absolute Gasteiger partial charge is 0.335 e. The minimum absolute atomic E-state index is 0.0492. The second-order valence-corrected chi connectivity index (χ2v) is 6.95. The van der Waals surface area contributed by atoms with Crippen LogP contribution in [-0.2, 0) is 16.4 Å². The highest BCUT2D eigenvalue weighted by atomic mass is 32.2. The lowest BCUT2D eigenvalue weighted by Crippen LogP contribution is -2.25. The van der Waals surface area contributed by atoms with Gasteiger partial charge in [0.05, 0.1) is 17.6 Å². The molecule has 24 heavy (non-hydrogen) atoms. The van der Waals surface area contributed by atoms with Crippen molar-refractivity contribution in [3.05, 3.63) is 59.7 Å². The van der Waals surface area contributed by atoms with Crippen molar-refractivity contribution < 1.29 is 23.1 Å². The number of benzene rings is 2. The van der Waals surface area contributed by atoms with Crippen LogP contribution in [0.4, 0.5) is 0 Å². The van der Waals surface area contributed by atoms with Crippen molar-refractivity contribution in [3.63, 3.8) is 0 Å². The van der Waals surface area contributed by atoms with Crippen LogP contribution >= 0.6 is 0 Å². The van der Waals surface area contributed by atoms with E-state index in [1.807, 2.05) is 24.3 Å². The molecule has 2 rings (SSSR count). The lowest BCUT2D eigenvalue weighted by Gasteiger charge is -2.08. The Morgan fingerprint density at radius 3 is 2.50 bits per heavy atom. The molecular weight excluding hydrogens is 330 g/mol. The van der Waals surface area contributed by atoms with Gasteiger partial charge in [-0.15, -0.1) is 0 Å². The number of sulfonamides is 1. The Morgan fingerprint density at radius 1 is 1.17 bits per heavy atom. The molecule has 6 nitrogen and oxygen atoms in total. The van der Waals surface area contributed by atoms with Gasteiger partial charge in [0.1, 0.15) is 5.75 Å². The number of carboxylic acid groups (broad SMARTS) is 1. The molecule has 0 unspecified atom stereocenters. The average molecular weight is 349 g/mol. The van der Waals surface area contributed by atoms with Gasteiger partial charge in [0.2, 0.25) is 10.0 Å². The zero-order chi connectivity index (χ0) is 17.6. The molecule has 0 fully saturated rings. The number of hydrogen-bond acceptors (Lipinski definition) is 4. The molecule has 0 bridgehead atoms. The molecule has 0 saturated carbocycles. The summed E-state index contributed by atoms with van der Waals surface area (Å²) in [7, 11) is -2.11. The molecule has 128 valence electrons. The summed E-state index contributed by atoms with van der Waals surface area (Å²) in [6, 6.07) is 12.9. The Bertz CT molecular complexity index is 800. The van der Waals surface area contributed by atoms with E-state index in [0.717, 1.165) is 23.8 Å². The summed E-state index contributed by atoms with van der Waals surface area (Å²) in [5.74, 6) is -0.385. The van der Waals surface area contributed by atoms with E-state index in [0.29, 0.717) is 6.42 Å². The van der Waals surface area contributed by atoms with E-state index in [9.17, 15) is 13.2 Å². The highest BCUT2D eigenvalue weighted by Gasteiger charge is 2.15. The first kappa shape index (κ1) is 18.0. The molecule has 7 heteroatoms. The molecule has 0 atom stereocenters. The Hall–Kier alpha value is -2.38. The Morgan fingerprint density at radius 2 is 1.88 bits per heavy atom. The van der Waals surface area contributed by atoms with Gasteiger partial charge >= 0.3 is 5.97 Å². The van der Waals surface area contributed by atoms with E-state index in [2.05, 4.69) is 4.72 Å². The van der Waals surface area contributed by atoms with E-state index in [1.165, 1.54) is 18.2 Å². The number of carbonyl (C=O) groups is 1. The van der Waals surface area contributed by atoms with Crippen LogP contribution in [0.25, 0.3) is 0 Å². The van der Waals surface area contributed by atoms with Crippen molar-refractivity contribution in [2.45, 2.75) is 17.7 Å². The van der Waals surface area contributed by atoms with Gasteiger partial charge in [0.25, 0.3) is 0 Å². The molecule has 2 N–H and O–H groups in total. The minimum atomic E-state index is -3.71. The van der Waals surface area contributed by atoms with Crippen molar-refractivity contribution >= 4 is 16.0 Å². The molecule has 0 saturated heterocycles. The van der Waals surface area contributed by atoms with E-state index in [1.54, 1.807) is 7.11 Å². The van der Waals surface area contributed by atoms with Crippen molar-refractivity contribution in [1.29, 1.82) is 0 Å². The number of aryl methyl sites for hydroxylation is 1. The fourth-order valence-electron chi connectivity index (χ4n) is 2.17. The summed E-state index contributed by atoms with van der Waals surface area (Å²) in [6.45, 7) is 0.270. The van der Waals surface area contributed by atoms with Gasteiger partial charge in [0.15, 0.2) is 0 Å². The first-order valence-corrected chi connectivity index (χ1v) is 8.86. The van der Waals surface area contributed by atoms with Crippen LogP contribution in [-0.4, -0.2) is 33.1 Å². The second kappa shape index (κ2) is 7.94. The zero-order valence-corrected chi connectivity index (χ0v) is 14.0. The molecule has 2 aromatic rings. The predicted octanol–water partition coefficient (Wildman–Crippen LogP) is 2.30. The van der Waals surface area contributed by atoms with E-state index in [4.69, 9.17) is 9.84 Å². The largest absolute Gasteiger partial charge is 0.497 e. The monoisotopic (exact) mass is 349 g/mol. The number of methoxy groups -OCH3 is 1. The van der Waals surface area contributed by atoms with Gasteiger partial charge in [-0.25, -0.2) is 17.9 Å². The van der Waals surface area contributed by atoms with Crippen molar-refractivity contribution in [2.24, 2.45) is 0 Å². The van der Waals surface area contributed by atoms with Crippen LogP contribution < -0.4 is 9.46 Å². The third-order valence-electron chi connectivity index (χ3n) is 3.48. The van der Waals surface area contributed by atoms with E-state index >= 15 is 0 Å². The highest BCUT2D eigenvalue weighted by Crippen LogP contribution is 2.13. The summed E-state index contributed by atoms with van der Waals surface area (Å²) < 4.78 is 31.9. The molecule has 0 aliphatic carbocycles. The van der Waals surface area contributed by atoms with Crippen molar-refractivity contribution in [1.82, 2.24) is 4.72 Å². The standard InChI is InChI=1S/C17H19NO5S/c1-23-15-9-7-13(8-10-15)4-3-11-18-24(21,22)16-6-2-5-14(12-16)17(19)20/h2,5-10,12,18H,3-4,11H2,1H3,(H,19,20). The van der Waals surface area contributed by atoms with Gasteiger partial charge in [-0.2, -0.15) is 0 Å². The molecule has 0 aliphatic heterocycles. The molecule has 0 heterocycles. The first-order valence-electron chi connectivity index (χ1n) is 7.38. The predicted molar refractivity (Wildman–Crippen MR) is 89.9 cm³/mol. The number of aromatic carboxylic acids is 1. The van der Waals surface area contributed by atoms with E-state index in [-0.39, 0.29) is 17.0 Å². The minimum Gasteiger partial charge on any atom is -0.497 e. The lowest BCUT2D eigenvalue weighted by molar-refractivity contribution is 0.0696. The third kappa shape index (κ3) is 4.81. The molecule has 0 aromatic heterocycles. The molecular formula is C17H19NO5S. The number of nitrogens with one attached hydrogen (secondary N) is 1. The number of carboxylic acids is 1. The van der Waals surface area contributed by atoms with Gasteiger partial charge in [-0.05, 0) is 48.7 Å². The van der Waals surface area contributed by atoms with Crippen LogP contribution in [0.15, 0.2) is 53.4 Å². The fourth-order valence-corrected chi connectivity index (χ4v) is 3.29. The van der Waals surface area contributed by atoms with Crippen molar-refractivity contribution in [3.8, 4) is 5.75 Å².